The van der Waals surface area contributed by atoms with Crippen LogP contribution in [-0.2, 0) is 25.5 Å². The van der Waals surface area contributed by atoms with Crippen LogP contribution in [-0.4, -0.2) is 41.1 Å². The summed E-state index contributed by atoms with van der Waals surface area (Å²) in [6.45, 7) is 19.4. The number of rotatable bonds is 7. The SMILES string of the molecule is CCc1c(C)c2[nH]c1=Cc1[nH]c(c(C)c1C)C(C(C)C(=O)OC)=C1NC(=Cc3[nH]c(c(C(C)C)c3C)C=2)C(C)C1CCC(=O)OC. The molecule has 8 heteroatoms. The molecule has 1 saturated heterocycles. The Morgan fingerprint density at radius 2 is 1.50 bits per heavy atom. The summed E-state index contributed by atoms with van der Waals surface area (Å²) in [4.78, 5) is 36.9. The van der Waals surface area contributed by atoms with E-state index >= 15 is 0 Å². The van der Waals surface area contributed by atoms with Gasteiger partial charge in [-0.1, -0.05) is 27.7 Å². The molecule has 0 saturated carbocycles. The Hall–Kier alpha value is -4.20. The lowest BCUT2D eigenvalue weighted by molar-refractivity contribution is -0.143. The summed E-state index contributed by atoms with van der Waals surface area (Å²) in [6, 6.07) is 0. The molecular formula is C38H50N4O4. The third-order valence-corrected chi connectivity index (χ3v) is 10.4. The molecule has 0 radical (unpaired) electrons. The molecule has 0 amide bonds. The Labute approximate surface area is 272 Å². The summed E-state index contributed by atoms with van der Waals surface area (Å²) in [5.74, 6) is -0.805. The van der Waals surface area contributed by atoms with E-state index in [9.17, 15) is 9.59 Å². The van der Waals surface area contributed by atoms with Crippen molar-refractivity contribution in [3.63, 3.8) is 0 Å². The number of ether oxygens (including phenoxy) is 2. The maximum absolute atomic E-state index is 13.3. The van der Waals surface area contributed by atoms with Crippen LogP contribution in [0.1, 0.15) is 110 Å². The quantitative estimate of drug-likeness (QED) is 0.243. The maximum Gasteiger partial charge on any atom is 0.312 e. The van der Waals surface area contributed by atoms with E-state index in [1.165, 1.54) is 36.5 Å². The van der Waals surface area contributed by atoms with E-state index in [2.05, 4.69) is 93.9 Å². The van der Waals surface area contributed by atoms with Crippen molar-refractivity contribution < 1.29 is 19.1 Å². The predicted octanol–water partition coefficient (Wildman–Crippen LogP) is 5.93. The highest BCUT2D eigenvalue weighted by atomic mass is 16.5. The van der Waals surface area contributed by atoms with E-state index in [1.807, 2.05) is 6.92 Å². The first-order valence-corrected chi connectivity index (χ1v) is 16.5. The smallest absolute Gasteiger partial charge is 0.312 e. The van der Waals surface area contributed by atoms with E-state index < -0.39 is 5.92 Å². The molecule has 3 atom stereocenters. The molecule has 246 valence electrons. The lowest BCUT2D eigenvalue weighted by Gasteiger charge is -2.22. The topological polar surface area (TPSA) is 112 Å². The number of hydrogen-bond acceptors (Lipinski definition) is 5. The number of fused-ring (bicyclic) bond motifs is 8. The number of nitrogens with one attached hydrogen (secondary N) is 4. The lowest BCUT2D eigenvalue weighted by Crippen LogP contribution is -2.21. The van der Waals surface area contributed by atoms with E-state index in [1.54, 1.807) is 0 Å². The lowest BCUT2D eigenvalue weighted by atomic mass is 9.83. The van der Waals surface area contributed by atoms with Crippen molar-refractivity contribution in [2.24, 2.45) is 17.8 Å². The zero-order chi connectivity index (χ0) is 33.6. The van der Waals surface area contributed by atoms with Gasteiger partial charge in [-0.25, -0.2) is 0 Å². The van der Waals surface area contributed by atoms with Gasteiger partial charge in [0.25, 0.3) is 0 Å². The van der Waals surface area contributed by atoms with Gasteiger partial charge in [0.15, 0.2) is 0 Å². The highest BCUT2D eigenvalue weighted by Crippen LogP contribution is 2.44. The first kappa shape index (κ1) is 33.2. The molecule has 0 aromatic carbocycles. The van der Waals surface area contributed by atoms with Gasteiger partial charge in [0.05, 0.1) is 20.1 Å². The number of hydrogen-bond donors (Lipinski definition) is 4. The summed E-state index contributed by atoms with van der Waals surface area (Å²) in [5.41, 5.74) is 14.1. The van der Waals surface area contributed by atoms with Crippen molar-refractivity contribution in [2.75, 3.05) is 14.2 Å². The van der Waals surface area contributed by atoms with Gasteiger partial charge >= 0.3 is 11.9 Å². The maximum atomic E-state index is 13.3. The molecule has 3 aromatic rings. The van der Waals surface area contributed by atoms with Gasteiger partial charge < -0.3 is 29.7 Å². The van der Waals surface area contributed by atoms with Crippen molar-refractivity contribution in [3.8, 4) is 0 Å². The second-order valence-electron chi connectivity index (χ2n) is 13.3. The van der Waals surface area contributed by atoms with E-state index in [0.29, 0.717) is 12.3 Å². The molecule has 8 nitrogen and oxygen atoms in total. The number of esters is 2. The second-order valence-corrected chi connectivity index (χ2v) is 13.3. The van der Waals surface area contributed by atoms with Crippen LogP contribution in [0.15, 0.2) is 11.4 Å². The fourth-order valence-corrected chi connectivity index (χ4v) is 7.54. The van der Waals surface area contributed by atoms with Crippen molar-refractivity contribution in [1.82, 2.24) is 20.3 Å². The van der Waals surface area contributed by atoms with Gasteiger partial charge in [0.1, 0.15) is 0 Å². The van der Waals surface area contributed by atoms with Gasteiger partial charge in [0, 0.05) is 68.7 Å². The van der Waals surface area contributed by atoms with Crippen LogP contribution in [0.2, 0.25) is 0 Å². The van der Waals surface area contributed by atoms with Crippen molar-refractivity contribution >= 4 is 35.7 Å². The average Bonchev–Trinajstić information content (AvgIpc) is 3.69. The van der Waals surface area contributed by atoms with E-state index in [0.717, 1.165) is 68.0 Å². The molecule has 46 heavy (non-hydrogen) atoms. The molecule has 1 fully saturated rings. The second kappa shape index (κ2) is 12.9. The van der Waals surface area contributed by atoms with Crippen LogP contribution < -0.4 is 16.0 Å². The predicted molar refractivity (Wildman–Crippen MR) is 184 cm³/mol. The minimum Gasteiger partial charge on any atom is -0.469 e. The molecule has 0 aliphatic carbocycles. The highest BCUT2D eigenvalue weighted by Gasteiger charge is 2.38. The van der Waals surface area contributed by atoms with Crippen LogP contribution in [0.5, 0.6) is 0 Å². The standard InChI is InChI=1S/C38H50N4O4/c1-12-25-21(6)28-17-32-34(18(2)3)23(8)30(40-32)15-29-22(7)26(13-14-33(43)45-10)37(42-29)35(24(9)38(44)46-11)36-20(5)19(4)27(41-36)16-31(25)39-28/h15-18,22,24,26,39-42H,12-14H2,1-11H3. The summed E-state index contributed by atoms with van der Waals surface area (Å²) in [7, 11) is 2.86. The first-order chi connectivity index (χ1) is 21.8. The molecule has 5 heterocycles. The first-order valence-electron chi connectivity index (χ1n) is 16.5. The summed E-state index contributed by atoms with van der Waals surface area (Å²) in [6.07, 6.45) is 8.41. The van der Waals surface area contributed by atoms with Gasteiger partial charge in [-0.3, -0.25) is 9.59 Å². The number of aromatic amines is 3. The highest BCUT2D eigenvalue weighted by molar-refractivity contribution is 5.90. The molecular weight excluding hydrogens is 576 g/mol. The number of H-pyrrole nitrogens is 3. The number of carbonyl (C=O) groups excluding carboxylic acids is 2. The van der Waals surface area contributed by atoms with Crippen LogP contribution in [0, 0.1) is 45.4 Å². The Kier molecular flexibility index (Phi) is 9.30. The molecule has 2 aliphatic heterocycles. The van der Waals surface area contributed by atoms with Crippen LogP contribution in [0.25, 0.3) is 23.8 Å². The van der Waals surface area contributed by atoms with Gasteiger partial charge in [-0.2, -0.15) is 0 Å². The fraction of sp³-hybridized carbons (Fsp3) is 0.474. The number of allylic oxidation sites excluding steroid dienone is 2. The molecule has 3 aromatic heterocycles. The molecule has 2 aliphatic rings. The third-order valence-electron chi connectivity index (χ3n) is 10.4. The Morgan fingerprint density at radius 3 is 2.13 bits per heavy atom. The summed E-state index contributed by atoms with van der Waals surface area (Å²) in [5, 5.41) is 5.95. The fourth-order valence-electron chi connectivity index (χ4n) is 7.54. The summed E-state index contributed by atoms with van der Waals surface area (Å²) >= 11 is 0. The Balaban J connectivity index is 1.91. The van der Waals surface area contributed by atoms with Gasteiger partial charge in [-0.15, -0.1) is 0 Å². The summed E-state index contributed by atoms with van der Waals surface area (Å²) < 4.78 is 10.4. The van der Waals surface area contributed by atoms with Gasteiger partial charge in [-0.05, 0) is 105 Å². The zero-order valence-corrected chi connectivity index (χ0v) is 29.3. The zero-order valence-electron chi connectivity index (χ0n) is 29.3. The number of aromatic nitrogens is 3. The van der Waals surface area contributed by atoms with E-state index in [4.69, 9.17) is 9.47 Å². The van der Waals surface area contributed by atoms with Crippen LogP contribution in [0.4, 0.5) is 0 Å². The third kappa shape index (κ3) is 5.67. The minimum atomic E-state index is -0.560. The number of methoxy groups -OCH3 is 2. The normalized spacial score (nSPS) is 18.1. The van der Waals surface area contributed by atoms with Crippen LogP contribution in [0.3, 0.4) is 0 Å². The van der Waals surface area contributed by atoms with Crippen molar-refractivity contribution in [2.45, 2.75) is 87.5 Å². The minimum absolute atomic E-state index is 0.0510. The monoisotopic (exact) mass is 626 g/mol. The van der Waals surface area contributed by atoms with Crippen molar-refractivity contribution in [3.05, 3.63) is 78.2 Å². The van der Waals surface area contributed by atoms with E-state index in [-0.39, 0.29) is 30.2 Å². The molecule has 4 N–H and O–H groups in total. The largest absolute Gasteiger partial charge is 0.469 e. The molecule has 3 unspecified atom stereocenters. The molecule has 8 bridgehead atoms. The van der Waals surface area contributed by atoms with Gasteiger partial charge in [0.2, 0.25) is 0 Å². The number of carbonyl (C=O) groups is 2. The Bertz CT molecular complexity index is 1880. The Morgan fingerprint density at radius 1 is 0.826 bits per heavy atom. The average molecular weight is 627 g/mol. The van der Waals surface area contributed by atoms with Crippen molar-refractivity contribution in [1.29, 1.82) is 0 Å². The van der Waals surface area contributed by atoms with Crippen LogP contribution >= 0.6 is 0 Å². The molecule has 0 spiro atoms. The molecule has 5 rings (SSSR count).